The Hall–Kier alpha value is -1.92. The standard InChI is InChI=1S/C20H31N3O3/c1-23(18-7-4-3-5-8-18)15-19(24)22-17-11-9-16(10-12-17)20(25)21-13-6-14-26-2/h9-12,18H,3-8,13-15H2,1-2H3,(H,21,25)(H,22,24). The molecule has 1 aromatic carbocycles. The largest absolute Gasteiger partial charge is 0.385 e. The van der Waals surface area contributed by atoms with Gasteiger partial charge in [0.05, 0.1) is 6.54 Å². The molecule has 0 atom stereocenters. The Bertz CT molecular complexity index is 568. The Morgan fingerprint density at radius 3 is 2.50 bits per heavy atom. The number of nitrogens with zero attached hydrogens (tertiary/aromatic N) is 1. The van der Waals surface area contributed by atoms with Gasteiger partial charge in [0.15, 0.2) is 0 Å². The molecule has 0 heterocycles. The first-order valence-electron chi connectivity index (χ1n) is 9.47. The summed E-state index contributed by atoms with van der Waals surface area (Å²) in [5.41, 5.74) is 1.29. The minimum atomic E-state index is -0.115. The van der Waals surface area contributed by atoms with Crippen LogP contribution in [-0.4, -0.2) is 56.6 Å². The van der Waals surface area contributed by atoms with E-state index in [4.69, 9.17) is 4.74 Å². The summed E-state index contributed by atoms with van der Waals surface area (Å²) in [4.78, 5) is 26.4. The highest BCUT2D eigenvalue weighted by molar-refractivity contribution is 5.96. The van der Waals surface area contributed by atoms with Crippen molar-refractivity contribution in [1.29, 1.82) is 0 Å². The van der Waals surface area contributed by atoms with Gasteiger partial charge in [0.1, 0.15) is 0 Å². The number of nitrogens with one attached hydrogen (secondary N) is 2. The van der Waals surface area contributed by atoms with Gasteiger partial charge in [-0.3, -0.25) is 14.5 Å². The second kappa shape index (κ2) is 10.9. The predicted octanol–water partition coefficient (Wildman–Crippen LogP) is 2.66. The molecule has 2 N–H and O–H groups in total. The monoisotopic (exact) mass is 361 g/mol. The molecule has 1 aromatic rings. The maximum atomic E-state index is 12.2. The Balaban J connectivity index is 1.76. The SMILES string of the molecule is COCCCNC(=O)c1ccc(NC(=O)CN(C)C2CCCCC2)cc1. The summed E-state index contributed by atoms with van der Waals surface area (Å²) in [7, 11) is 3.66. The lowest BCUT2D eigenvalue weighted by atomic mass is 9.94. The summed E-state index contributed by atoms with van der Waals surface area (Å²) >= 11 is 0. The van der Waals surface area contributed by atoms with Gasteiger partial charge in [-0.25, -0.2) is 0 Å². The van der Waals surface area contributed by atoms with Crippen molar-refractivity contribution in [2.24, 2.45) is 0 Å². The molecule has 144 valence electrons. The molecule has 2 rings (SSSR count). The maximum Gasteiger partial charge on any atom is 0.251 e. The predicted molar refractivity (Wildman–Crippen MR) is 103 cm³/mol. The molecule has 1 aliphatic rings. The van der Waals surface area contributed by atoms with Crippen molar-refractivity contribution >= 4 is 17.5 Å². The molecule has 1 saturated carbocycles. The van der Waals surface area contributed by atoms with Gasteiger partial charge in [0.2, 0.25) is 5.91 Å². The molecule has 2 amide bonds. The van der Waals surface area contributed by atoms with E-state index in [1.807, 2.05) is 7.05 Å². The number of methoxy groups -OCH3 is 1. The Morgan fingerprint density at radius 1 is 1.15 bits per heavy atom. The van der Waals surface area contributed by atoms with Crippen LogP contribution < -0.4 is 10.6 Å². The molecule has 0 radical (unpaired) electrons. The van der Waals surface area contributed by atoms with Crippen LogP contribution in [0.1, 0.15) is 48.9 Å². The van der Waals surface area contributed by atoms with Crippen LogP contribution >= 0.6 is 0 Å². The minimum absolute atomic E-state index is 0.0187. The van der Waals surface area contributed by atoms with E-state index >= 15 is 0 Å². The first-order valence-corrected chi connectivity index (χ1v) is 9.47. The fraction of sp³-hybridized carbons (Fsp3) is 0.600. The molecule has 0 bridgehead atoms. The molecule has 1 fully saturated rings. The minimum Gasteiger partial charge on any atom is -0.385 e. The lowest BCUT2D eigenvalue weighted by Gasteiger charge is -2.30. The summed E-state index contributed by atoms with van der Waals surface area (Å²) in [5.74, 6) is -0.133. The van der Waals surface area contributed by atoms with Gasteiger partial charge in [0.25, 0.3) is 5.91 Å². The Kier molecular flexibility index (Phi) is 8.58. The number of hydrogen-bond acceptors (Lipinski definition) is 4. The van der Waals surface area contributed by atoms with Gasteiger partial charge >= 0.3 is 0 Å². The summed E-state index contributed by atoms with van der Waals surface area (Å²) < 4.78 is 4.95. The third-order valence-corrected chi connectivity index (χ3v) is 4.83. The van der Waals surface area contributed by atoms with Crippen LogP contribution in [0.5, 0.6) is 0 Å². The highest BCUT2D eigenvalue weighted by Crippen LogP contribution is 2.21. The lowest BCUT2D eigenvalue weighted by molar-refractivity contribution is -0.117. The van der Waals surface area contributed by atoms with Crippen molar-refractivity contribution in [3.63, 3.8) is 0 Å². The number of likely N-dealkylation sites (N-methyl/N-ethyl adjacent to an activating group) is 1. The molecule has 6 nitrogen and oxygen atoms in total. The van der Waals surface area contributed by atoms with E-state index in [2.05, 4.69) is 15.5 Å². The summed E-state index contributed by atoms with van der Waals surface area (Å²) in [6, 6.07) is 7.50. The fourth-order valence-electron chi connectivity index (χ4n) is 3.30. The molecule has 0 spiro atoms. The number of rotatable bonds is 9. The van der Waals surface area contributed by atoms with Gasteiger partial charge in [-0.1, -0.05) is 19.3 Å². The average molecular weight is 361 g/mol. The second-order valence-electron chi connectivity index (χ2n) is 6.93. The first kappa shape index (κ1) is 20.4. The van der Waals surface area contributed by atoms with Crippen LogP contribution in [0.15, 0.2) is 24.3 Å². The zero-order valence-corrected chi connectivity index (χ0v) is 15.9. The topological polar surface area (TPSA) is 70.7 Å². The van der Waals surface area contributed by atoms with Gasteiger partial charge in [0, 0.05) is 37.6 Å². The zero-order valence-electron chi connectivity index (χ0n) is 15.9. The van der Waals surface area contributed by atoms with E-state index in [1.54, 1.807) is 31.4 Å². The van der Waals surface area contributed by atoms with Crippen LogP contribution in [-0.2, 0) is 9.53 Å². The molecule has 6 heteroatoms. The first-order chi connectivity index (χ1) is 12.6. The van der Waals surface area contributed by atoms with Crippen LogP contribution in [0.2, 0.25) is 0 Å². The number of benzene rings is 1. The van der Waals surface area contributed by atoms with E-state index in [9.17, 15) is 9.59 Å². The van der Waals surface area contributed by atoms with Crippen LogP contribution in [0, 0.1) is 0 Å². The zero-order chi connectivity index (χ0) is 18.8. The van der Waals surface area contributed by atoms with Crippen LogP contribution in [0.3, 0.4) is 0 Å². The Labute approximate surface area is 156 Å². The lowest BCUT2D eigenvalue weighted by Crippen LogP contribution is -2.39. The molecule has 1 aliphatic carbocycles. The van der Waals surface area contributed by atoms with Gasteiger partial charge in [-0.05, 0) is 50.6 Å². The van der Waals surface area contributed by atoms with Gasteiger partial charge in [-0.15, -0.1) is 0 Å². The number of amides is 2. The van der Waals surface area contributed by atoms with Gasteiger partial charge in [-0.2, -0.15) is 0 Å². The molecule has 0 saturated heterocycles. The second-order valence-corrected chi connectivity index (χ2v) is 6.93. The quantitative estimate of drug-likeness (QED) is 0.664. The van der Waals surface area contributed by atoms with E-state index in [0.717, 1.165) is 6.42 Å². The highest BCUT2D eigenvalue weighted by atomic mass is 16.5. The summed E-state index contributed by atoms with van der Waals surface area (Å²) in [6.07, 6.45) is 6.96. The number of anilines is 1. The average Bonchev–Trinajstić information content (AvgIpc) is 2.66. The highest BCUT2D eigenvalue weighted by Gasteiger charge is 2.19. The number of hydrogen-bond donors (Lipinski definition) is 2. The van der Waals surface area contributed by atoms with Crippen molar-refractivity contribution in [2.75, 3.05) is 39.2 Å². The molecular formula is C20H31N3O3. The summed E-state index contributed by atoms with van der Waals surface area (Å²) in [5, 5.41) is 5.75. The Morgan fingerprint density at radius 2 is 1.85 bits per heavy atom. The molecular weight excluding hydrogens is 330 g/mol. The third kappa shape index (κ3) is 6.77. The van der Waals surface area contributed by atoms with E-state index in [1.165, 1.54) is 32.1 Å². The normalized spacial score (nSPS) is 15.0. The number of carbonyl (C=O) groups is 2. The smallest absolute Gasteiger partial charge is 0.251 e. The van der Waals surface area contributed by atoms with Crippen LogP contribution in [0.4, 0.5) is 5.69 Å². The van der Waals surface area contributed by atoms with Crippen molar-refractivity contribution in [1.82, 2.24) is 10.2 Å². The van der Waals surface area contributed by atoms with E-state index < -0.39 is 0 Å². The summed E-state index contributed by atoms with van der Waals surface area (Å²) in [6.45, 7) is 1.60. The van der Waals surface area contributed by atoms with Crippen molar-refractivity contribution in [2.45, 2.75) is 44.6 Å². The number of carbonyl (C=O) groups excluding carboxylic acids is 2. The van der Waals surface area contributed by atoms with Crippen LogP contribution in [0.25, 0.3) is 0 Å². The third-order valence-electron chi connectivity index (χ3n) is 4.83. The van der Waals surface area contributed by atoms with Gasteiger partial charge < -0.3 is 15.4 Å². The van der Waals surface area contributed by atoms with Crippen molar-refractivity contribution in [3.8, 4) is 0 Å². The van der Waals surface area contributed by atoms with E-state index in [0.29, 0.717) is 37.0 Å². The maximum absolute atomic E-state index is 12.2. The molecule has 0 aliphatic heterocycles. The van der Waals surface area contributed by atoms with E-state index in [-0.39, 0.29) is 11.8 Å². The van der Waals surface area contributed by atoms with Crippen molar-refractivity contribution < 1.29 is 14.3 Å². The molecule has 0 aromatic heterocycles. The molecule has 26 heavy (non-hydrogen) atoms. The fourth-order valence-corrected chi connectivity index (χ4v) is 3.30. The van der Waals surface area contributed by atoms with Crippen molar-refractivity contribution in [3.05, 3.63) is 29.8 Å². The molecule has 0 unspecified atom stereocenters. The number of ether oxygens (including phenoxy) is 1.